The Morgan fingerprint density at radius 1 is 1.09 bits per heavy atom. The number of thiophene rings is 1. The number of rotatable bonds is 5. The third-order valence-electron chi connectivity index (χ3n) is 3.27. The number of nitrogens with zero attached hydrogens (tertiary/aromatic N) is 2. The van der Waals surface area contributed by atoms with Crippen LogP contribution in [0.3, 0.4) is 0 Å². The highest BCUT2D eigenvalue weighted by Crippen LogP contribution is 2.23. The summed E-state index contributed by atoms with van der Waals surface area (Å²) in [6.45, 7) is 1.43. The molecule has 3 aromatic rings. The highest BCUT2D eigenvalue weighted by atomic mass is 32.1. The summed E-state index contributed by atoms with van der Waals surface area (Å²) in [7, 11) is 1.78. The Bertz CT molecular complexity index is 748. The van der Waals surface area contributed by atoms with E-state index in [-0.39, 0.29) is 0 Å². The zero-order chi connectivity index (χ0) is 15.9. The number of benzene rings is 1. The number of aliphatic imine (C=N–C) groups is 1. The molecule has 1 aromatic carbocycles. The Kier molecular flexibility index (Phi) is 5.39. The van der Waals surface area contributed by atoms with Crippen LogP contribution in [0, 0.1) is 0 Å². The molecule has 0 aliphatic heterocycles. The number of nitrogens with one attached hydrogen (secondary N) is 2. The molecular weight excluding hydrogens is 324 g/mol. The van der Waals surface area contributed by atoms with Gasteiger partial charge in [0.15, 0.2) is 5.96 Å². The van der Waals surface area contributed by atoms with Crippen LogP contribution < -0.4 is 10.6 Å². The molecule has 0 bridgehead atoms. The second-order valence-electron chi connectivity index (χ2n) is 4.92. The van der Waals surface area contributed by atoms with Gasteiger partial charge in [0.1, 0.15) is 5.01 Å². The van der Waals surface area contributed by atoms with Gasteiger partial charge < -0.3 is 10.6 Å². The summed E-state index contributed by atoms with van der Waals surface area (Å²) in [5.41, 5.74) is 3.44. The van der Waals surface area contributed by atoms with Crippen LogP contribution in [0.1, 0.15) is 11.3 Å². The van der Waals surface area contributed by atoms with E-state index in [1.165, 1.54) is 5.56 Å². The van der Waals surface area contributed by atoms with E-state index in [2.05, 4.69) is 54.9 Å². The standard InChI is InChI=1S/C17H18N4S2/c1-18-17(19-9-13-7-8-22-11-13)20-10-15-12-23-16(21-15)14-5-3-2-4-6-14/h2-8,11-12H,9-10H2,1H3,(H2,18,19,20). The van der Waals surface area contributed by atoms with Gasteiger partial charge in [0.05, 0.1) is 12.2 Å². The maximum Gasteiger partial charge on any atom is 0.191 e. The van der Waals surface area contributed by atoms with E-state index in [1.807, 2.05) is 18.2 Å². The first kappa shape index (κ1) is 15.7. The Hall–Kier alpha value is -2.18. The molecular formula is C17H18N4S2. The number of thiazole rings is 1. The van der Waals surface area contributed by atoms with Gasteiger partial charge in [0.2, 0.25) is 0 Å². The van der Waals surface area contributed by atoms with E-state index in [0.717, 1.165) is 28.8 Å². The molecule has 0 radical (unpaired) electrons. The molecule has 0 saturated carbocycles. The largest absolute Gasteiger partial charge is 0.352 e. The number of guanidine groups is 1. The van der Waals surface area contributed by atoms with Crippen molar-refractivity contribution in [1.29, 1.82) is 0 Å². The van der Waals surface area contributed by atoms with Gasteiger partial charge in [-0.15, -0.1) is 11.3 Å². The van der Waals surface area contributed by atoms with Crippen molar-refractivity contribution in [3.63, 3.8) is 0 Å². The van der Waals surface area contributed by atoms with Gasteiger partial charge in [-0.1, -0.05) is 30.3 Å². The van der Waals surface area contributed by atoms with Crippen molar-refractivity contribution in [2.75, 3.05) is 7.05 Å². The normalized spacial score (nSPS) is 11.4. The van der Waals surface area contributed by atoms with E-state index in [1.54, 1.807) is 29.7 Å². The second kappa shape index (κ2) is 7.89. The molecule has 0 unspecified atom stereocenters. The van der Waals surface area contributed by atoms with Crippen LogP contribution in [0.15, 0.2) is 57.5 Å². The summed E-state index contributed by atoms with van der Waals surface area (Å²) < 4.78 is 0. The first-order chi connectivity index (χ1) is 11.3. The van der Waals surface area contributed by atoms with Gasteiger partial charge in [0.25, 0.3) is 0 Å². The lowest BCUT2D eigenvalue weighted by Crippen LogP contribution is -2.36. The summed E-state index contributed by atoms with van der Waals surface area (Å²) >= 11 is 3.36. The first-order valence-corrected chi connectivity index (χ1v) is 9.13. The lowest BCUT2D eigenvalue weighted by atomic mass is 10.2. The van der Waals surface area contributed by atoms with E-state index in [9.17, 15) is 0 Å². The topological polar surface area (TPSA) is 49.3 Å². The molecule has 0 atom stereocenters. The fourth-order valence-corrected chi connectivity index (χ4v) is 3.57. The van der Waals surface area contributed by atoms with Gasteiger partial charge in [-0.05, 0) is 22.4 Å². The van der Waals surface area contributed by atoms with Crippen molar-refractivity contribution >= 4 is 28.6 Å². The monoisotopic (exact) mass is 342 g/mol. The molecule has 118 valence electrons. The molecule has 0 saturated heterocycles. The molecule has 0 spiro atoms. The third-order valence-corrected chi connectivity index (χ3v) is 4.95. The predicted molar refractivity (Wildman–Crippen MR) is 98.9 cm³/mol. The van der Waals surface area contributed by atoms with E-state index < -0.39 is 0 Å². The summed E-state index contributed by atoms with van der Waals surface area (Å²) in [5.74, 6) is 0.783. The first-order valence-electron chi connectivity index (χ1n) is 7.30. The fraction of sp³-hybridized carbons (Fsp3) is 0.176. The van der Waals surface area contributed by atoms with Crippen LogP contribution >= 0.6 is 22.7 Å². The van der Waals surface area contributed by atoms with Gasteiger partial charge in [-0.3, -0.25) is 4.99 Å². The molecule has 0 fully saturated rings. The van der Waals surface area contributed by atoms with Crippen LogP contribution in [-0.2, 0) is 13.1 Å². The van der Waals surface area contributed by atoms with E-state index in [0.29, 0.717) is 6.54 Å². The van der Waals surface area contributed by atoms with Crippen molar-refractivity contribution in [3.8, 4) is 10.6 Å². The second-order valence-corrected chi connectivity index (χ2v) is 6.56. The van der Waals surface area contributed by atoms with Crippen molar-refractivity contribution in [3.05, 3.63) is 63.8 Å². The number of aromatic nitrogens is 1. The summed E-state index contributed by atoms with van der Waals surface area (Å²) in [6.07, 6.45) is 0. The minimum absolute atomic E-state index is 0.659. The highest BCUT2D eigenvalue weighted by molar-refractivity contribution is 7.13. The van der Waals surface area contributed by atoms with Crippen LogP contribution in [0.25, 0.3) is 10.6 Å². The maximum atomic E-state index is 4.67. The van der Waals surface area contributed by atoms with Gasteiger partial charge in [-0.25, -0.2) is 4.98 Å². The molecule has 23 heavy (non-hydrogen) atoms. The minimum Gasteiger partial charge on any atom is -0.352 e. The van der Waals surface area contributed by atoms with Gasteiger partial charge >= 0.3 is 0 Å². The van der Waals surface area contributed by atoms with Crippen molar-refractivity contribution in [1.82, 2.24) is 15.6 Å². The van der Waals surface area contributed by atoms with Crippen molar-refractivity contribution in [2.45, 2.75) is 13.1 Å². The van der Waals surface area contributed by atoms with Crippen LogP contribution in [0.2, 0.25) is 0 Å². The molecule has 2 N–H and O–H groups in total. The Labute approximate surface area is 144 Å². The Morgan fingerprint density at radius 3 is 2.65 bits per heavy atom. The molecule has 0 aliphatic carbocycles. The fourth-order valence-electron chi connectivity index (χ4n) is 2.08. The van der Waals surface area contributed by atoms with Crippen LogP contribution in [-0.4, -0.2) is 18.0 Å². The molecule has 0 aliphatic rings. The quantitative estimate of drug-likeness (QED) is 0.548. The average molecular weight is 342 g/mol. The lowest BCUT2D eigenvalue weighted by Gasteiger charge is -2.10. The minimum atomic E-state index is 0.659. The van der Waals surface area contributed by atoms with Gasteiger partial charge in [-0.2, -0.15) is 11.3 Å². The molecule has 6 heteroatoms. The maximum absolute atomic E-state index is 4.67. The zero-order valence-corrected chi connectivity index (χ0v) is 14.5. The lowest BCUT2D eigenvalue weighted by molar-refractivity contribution is 0.800. The SMILES string of the molecule is CN=C(NCc1ccsc1)NCc1csc(-c2ccccc2)n1. The third kappa shape index (κ3) is 4.40. The summed E-state index contributed by atoms with van der Waals surface area (Å²) in [6, 6.07) is 12.4. The van der Waals surface area contributed by atoms with E-state index >= 15 is 0 Å². The summed E-state index contributed by atoms with van der Waals surface area (Å²) in [5, 5.41) is 13.9. The number of hydrogen-bond acceptors (Lipinski definition) is 4. The zero-order valence-electron chi connectivity index (χ0n) is 12.8. The average Bonchev–Trinajstić information content (AvgIpc) is 3.27. The van der Waals surface area contributed by atoms with E-state index in [4.69, 9.17) is 0 Å². The highest BCUT2D eigenvalue weighted by Gasteiger charge is 2.05. The smallest absolute Gasteiger partial charge is 0.191 e. The van der Waals surface area contributed by atoms with Crippen molar-refractivity contribution < 1.29 is 0 Å². The molecule has 2 aromatic heterocycles. The van der Waals surface area contributed by atoms with Gasteiger partial charge in [0, 0.05) is 24.5 Å². The Balaban J connectivity index is 1.54. The van der Waals surface area contributed by atoms with Crippen LogP contribution in [0.4, 0.5) is 0 Å². The number of hydrogen-bond donors (Lipinski definition) is 2. The molecule has 0 amide bonds. The molecule has 4 nitrogen and oxygen atoms in total. The summed E-state index contributed by atoms with van der Waals surface area (Å²) in [4.78, 5) is 8.91. The van der Waals surface area contributed by atoms with Crippen LogP contribution in [0.5, 0.6) is 0 Å². The Morgan fingerprint density at radius 2 is 1.91 bits per heavy atom. The predicted octanol–water partition coefficient (Wildman–Crippen LogP) is 3.74. The van der Waals surface area contributed by atoms with Crippen molar-refractivity contribution in [2.24, 2.45) is 4.99 Å². The molecule has 3 rings (SSSR count). The molecule has 2 heterocycles.